The van der Waals surface area contributed by atoms with Crippen LogP contribution in [0.3, 0.4) is 0 Å². The molecular weight excluding hydrogens is 520 g/mol. The molecule has 1 aliphatic heterocycles. The van der Waals surface area contributed by atoms with Crippen LogP contribution < -0.4 is 10.1 Å². The predicted octanol–water partition coefficient (Wildman–Crippen LogP) is 5.67. The molecule has 0 aliphatic carbocycles. The number of hydrogen-bond acceptors (Lipinski definition) is 6. The number of nitrogens with zero attached hydrogens (tertiary/aromatic N) is 3. The molecule has 4 rings (SSSR count). The van der Waals surface area contributed by atoms with Crippen LogP contribution in [0.1, 0.15) is 46.2 Å². The number of hydrogen-bond donors (Lipinski definition) is 1. The number of ether oxygens (including phenoxy) is 1. The lowest BCUT2D eigenvalue weighted by atomic mass is 9.96. The number of benzene rings is 1. The van der Waals surface area contributed by atoms with Gasteiger partial charge in [0.2, 0.25) is 11.8 Å². The third-order valence-electron chi connectivity index (χ3n) is 6.03. The van der Waals surface area contributed by atoms with Gasteiger partial charge in [-0.3, -0.25) is 9.69 Å². The highest BCUT2D eigenvalue weighted by Crippen LogP contribution is 2.35. The van der Waals surface area contributed by atoms with Crippen molar-refractivity contribution in [1.82, 2.24) is 20.2 Å². The summed E-state index contributed by atoms with van der Waals surface area (Å²) >= 11 is 7.09. The Morgan fingerprint density at radius 1 is 1.19 bits per heavy atom. The number of thiazole rings is 1. The van der Waals surface area contributed by atoms with Gasteiger partial charge < -0.3 is 10.1 Å². The molecule has 1 aromatic carbocycles. The third-order valence-corrected chi connectivity index (χ3v) is 7.29. The first-order valence-corrected chi connectivity index (χ1v) is 12.5. The van der Waals surface area contributed by atoms with E-state index in [2.05, 4.69) is 15.3 Å². The molecule has 1 atom stereocenters. The molecule has 1 fully saturated rings. The van der Waals surface area contributed by atoms with Gasteiger partial charge >= 0.3 is 0 Å². The summed E-state index contributed by atoms with van der Waals surface area (Å²) in [6.07, 6.45) is -1.38. The van der Waals surface area contributed by atoms with Gasteiger partial charge in [-0.1, -0.05) is 23.7 Å². The summed E-state index contributed by atoms with van der Waals surface area (Å²) in [6, 6.07) is 7.67. The van der Waals surface area contributed by atoms with E-state index in [-0.39, 0.29) is 34.6 Å². The average molecular weight is 543 g/mol. The minimum absolute atomic E-state index is 0.0280. The highest BCUT2D eigenvalue weighted by Gasteiger charge is 2.32. The zero-order chi connectivity index (χ0) is 25.7. The fraction of sp³-hybridized carbons (Fsp3) is 0.375. The number of aromatic nitrogens is 2. The molecule has 0 radical (unpaired) electrons. The second-order valence-electron chi connectivity index (χ2n) is 8.31. The highest BCUT2D eigenvalue weighted by molar-refractivity contribution is 7.09. The predicted molar refractivity (Wildman–Crippen MR) is 128 cm³/mol. The smallest absolute Gasteiger partial charge is 0.281 e. The van der Waals surface area contributed by atoms with E-state index < -0.39 is 30.1 Å². The number of amides is 1. The summed E-state index contributed by atoms with van der Waals surface area (Å²) in [5, 5.41) is 2.62. The summed E-state index contributed by atoms with van der Waals surface area (Å²) in [5.74, 6) is -1.75. The van der Waals surface area contributed by atoms with Gasteiger partial charge in [-0.2, -0.15) is 9.37 Å². The van der Waals surface area contributed by atoms with Crippen molar-refractivity contribution in [2.45, 2.75) is 25.3 Å². The van der Waals surface area contributed by atoms with E-state index in [0.717, 1.165) is 17.4 Å². The van der Waals surface area contributed by atoms with Gasteiger partial charge in [0.25, 0.3) is 12.3 Å². The van der Waals surface area contributed by atoms with Crippen molar-refractivity contribution in [2.75, 3.05) is 26.2 Å². The Morgan fingerprint density at radius 3 is 2.64 bits per heavy atom. The molecule has 1 aliphatic rings. The number of nitrogens with one attached hydrogen (secondary N) is 1. The zero-order valence-electron chi connectivity index (χ0n) is 19.0. The van der Waals surface area contributed by atoms with Gasteiger partial charge in [-0.05, 0) is 50.0 Å². The molecule has 1 unspecified atom stereocenters. The minimum atomic E-state index is -2.77. The average Bonchev–Trinajstić information content (AvgIpc) is 3.34. The van der Waals surface area contributed by atoms with Crippen LogP contribution in [-0.2, 0) is 0 Å². The van der Waals surface area contributed by atoms with Crippen molar-refractivity contribution < 1.29 is 27.1 Å². The second-order valence-corrected chi connectivity index (χ2v) is 9.61. The summed E-state index contributed by atoms with van der Waals surface area (Å²) in [6.45, 7) is 1.42. The zero-order valence-corrected chi connectivity index (χ0v) is 20.5. The molecule has 0 bridgehead atoms. The standard InChI is InChI=1S/C24H23ClF4N4O2S/c25-15-3-1-4-16(26)20(15)24(34)30-11-17(22-21(23(28)29)31-13-36-22)33-9-7-14(8-10-33)12-35-19-6-2-5-18(27)32-19/h1-6,13-14,17,23H,7-12H2,(H,30,34). The van der Waals surface area contributed by atoms with E-state index in [1.165, 1.54) is 29.8 Å². The van der Waals surface area contributed by atoms with E-state index in [1.54, 1.807) is 6.07 Å². The van der Waals surface area contributed by atoms with E-state index in [1.807, 2.05) is 4.90 Å². The van der Waals surface area contributed by atoms with Crippen LogP contribution in [0, 0.1) is 17.7 Å². The first-order valence-electron chi connectivity index (χ1n) is 11.3. The van der Waals surface area contributed by atoms with Crippen LogP contribution in [0.4, 0.5) is 17.6 Å². The first kappa shape index (κ1) is 26.3. The Bertz CT molecular complexity index is 1170. The normalized spacial score (nSPS) is 15.7. The fourth-order valence-electron chi connectivity index (χ4n) is 4.16. The van der Waals surface area contributed by atoms with E-state index in [9.17, 15) is 22.4 Å². The van der Waals surface area contributed by atoms with Crippen LogP contribution in [0.25, 0.3) is 0 Å². The van der Waals surface area contributed by atoms with Crippen molar-refractivity contribution in [3.63, 3.8) is 0 Å². The van der Waals surface area contributed by atoms with Crippen LogP contribution in [0.2, 0.25) is 5.02 Å². The molecule has 192 valence electrons. The summed E-state index contributed by atoms with van der Waals surface area (Å²) in [5.41, 5.74) is 0.732. The number of rotatable bonds is 9. The molecule has 12 heteroatoms. The molecule has 6 nitrogen and oxygen atoms in total. The molecule has 3 heterocycles. The topological polar surface area (TPSA) is 67.4 Å². The van der Waals surface area contributed by atoms with Crippen molar-refractivity contribution in [1.29, 1.82) is 0 Å². The monoisotopic (exact) mass is 542 g/mol. The van der Waals surface area contributed by atoms with Crippen LogP contribution in [0.15, 0.2) is 41.9 Å². The molecule has 36 heavy (non-hydrogen) atoms. The van der Waals surface area contributed by atoms with Gasteiger partial charge in [0.05, 0.1) is 33.6 Å². The van der Waals surface area contributed by atoms with Gasteiger partial charge in [-0.15, -0.1) is 11.3 Å². The van der Waals surface area contributed by atoms with Crippen LogP contribution in [0.5, 0.6) is 5.88 Å². The molecule has 0 saturated carbocycles. The van der Waals surface area contributed by atoms with Crippen molar-refractivity contribution >= 4 is 28.8 Å². The Kier molecular flexibility index (Phi) is 8.76. The second kappa shape index (κ2) is 12.0. The molecule has 1 N–H and O–H groups in total. The van der Waals surface area contributed by atoms with Gasteiger partial charge in [0, 0.05) is 12.6 Å². The number of likely N-dealkylation sites (tertiary alicyclic amines) is 1. The lowest BCUT2D eigenvalue weighted by molar-refractivity contribution is 0.0867. The van der Waals surface area contributed by atoms with E-state index in [4.69, 9.17) is 16.3 Å². The number of carbonyl (C=O) groups is 1. The molecular formula is C24H23ClF4N4O2S. The summed E-state index contributed by atoms with van der Waals surface area (Å²) < 4.78 is 60.3. The maximum atomic E-state index is 14.2. The highest BCUT2D eigenvalue weighted by atomic mass is 35.5. The Morgan fingerprint density at radius 2 is 1.94 bits per heavy atom. The number of halogens is 5. The van der Waals surface area contributed by atoms with Gasteiger partial charge in [0.1, 0.15) is 11.5 Å². The van der Waals surface area contributed by atoms with Crippen molar-refractivity contribution in [3.05, 3.63) is 74.8 Å². The number of carbonyl (C=O) groups excluding carboxylic acids is 1. The molecule has 2 aromatic heterocycles. The maximum Gasteiger partial charge on any atom is 0.281 e. The number of piperidine rings is 1. The summed E-state index contributed by atoms with van der Waals surface area (Å²) in [7, 11) is 0. The van der Waals surface area contributed by atoms with Gasteiger partial charge in [0.15, 0.2) is 0 Å². The minimum Gasteiger partial charge on any atom is -0.477 e. The molecule has 1 amide bonds. The lowest BCUT2D eigenvalue weighted by Crippen LogP contribution is -2.43. The Balaban J connectivity index is 1.43. The van der Waals surface area contributed by atoms with E-state index >= 15 is 0 Å². The summed E-state index contributed by atoms with van der Waals surface area (Å²) in [4.78, 5) is 22.6. The number of alkyl halides is 2. The molecule has 1 saturated heterocycles. The molecule has 0 spiro atoms. The Hall–Kier alpha value is -2.76. The van der Waals surface area contributed by atoms with Crippen LogP contribution >= 0.6 is 22.9 Å². The molecule has 3 aromatic rings. The Labute approximate surface area is 214 Å². The quantitative estimate of drug-likeness (QED) is 0.279. The largest absolute Gasteiger partial charge is 0.477 e. The van der Waals surface area contributed by atoms with Gasteiger partial charge in [-0.25, -0.2) is 18.2 Å². The SMILES string of the molecule is O=C(NCC(c1scnc1C(F)F)N1CCC(COc2cccc(F)n2)CC1)c1c(F)cccc1Cl. The van der Waals surface area contributed by atoms with E-state index in [0.29, 0.717) is 37.4 Å². The van der Waals surface area contributed by atoms with Crippen LogP contribution in [-0.4, -0.2) is 47.0 Å². The maximum absolute atomic E-state index is 14.2. The van der Waals surface area contributed by atoms with Crippen molar-refractivity contribution in [2.24, 2.45) is 5.92 Å². The third kappa shape index (κ3) is 6.32. The van der Waals surface area contributed by atoms with Crippen molar-refractivity contribution in [3.8, 4) is 5.88 Å². The lowest BCUT2D eigenvalue weighted by Gasteiger charge is -2.37. The fourth-order valence-corrected chi connectivity index (χ4v) is 5.34. The first-order chi connectivity index (χ1) is 17.3. The number of pyridine rings is 1.